The summed E-state index contributed by atoms with van der Waals surface area (Å²) in [6.45, 7) is 4.16. The number of carbonyl (C=O) groups excluding carboxylic acids is 1. The molecule has 0 bridgehead atoms. The number of nitrogens with one attached hydrogen (secondary N) is 2. The van der Waals surface area contributed by atoms with Gasteiger partial charge in [-0.05, 0) is 18.7 Å². The highest BCUT2D eigenvalue weighted by molar-refractivity contribution is 7.18. The summed E-state index contributed by atoms with van der Waals surface area (Å²) in [6.07, 6.45) is 0.513. The van der Waals surface area contributed by atoms with Gasteiger partial charge in [-0.15, -0.1) is 11.3 Å². The zero-order valence-corrected chi connectivity index (χ0v) is 11.2. The van der Waals surface area contributed by atoms with E-state index in [0.29, 0.717) is 13.0 Å². The molecular formula is C13H17N3OS. The molecule has 0 spiro atoms. The van der Waals surface area contributed by atoms with E-state index in [0.717, 1.165) is 28.3 Å². The van der Waals surface area contributed by atoms with E-state index < -0.39 is 0 Å². The molecule has 18 heavy (non-hydrogen) atoms. The molecule has 2 aromatic rings. The van der Waals surface area contributed by atoms with E-state index in [1.165, 1.54) is 0 Å². The molecule has 1 aromatic carbocycles. The van der Waals surface area contributed by atoms with Crippen LogP contribution in [0.5, 0.6) is 0 Å². The summed E-state index contributed by atoms with van der Waals surface area (Å²) in [5.41, 5.74) is 0.999. The number of aromatic nitrogens is 1. The average Bonchev–Trinajstić information content (AvgIpc) is 2.79. The van der Waals surface area contributed by atoms with Crippen LogP contribution in [0.1, 0.15) is 18.4 Å². The maximum absolute atomic E-state index is 11.5. The van der Waals surface area contributed by atoms with Gasteiger partial charge in [0, 0.05) is 13.0 Å². The van der Waals surface area contributed by atoms with Gasteiger partial charge in [-0.2, -0.15) is 0 Å². The van der Waals surface area contributed by atoms with Crippen molar-refractivity contribution >= 4 is 27.5 Å². The molecule has 0 saturated heterocycles. The van der Waals surface area contributed by atoms with Crippen molar-refractivity contribution in [1.29, 1.82) is 0 Å². The van der Waals surface area contributed by atoms with E-state index in [9.17, 15) is 4.79 Å². The first kappa shape index (κ1) is 13.0. The predicted octanol–water partition coefficient (Wildman–Crippen LogP) is 1.91. The van der Waals surface area contributed by atoms with Gasteiger partial charge >= 0.3 is 0 Å². The Morgan fingerprint density at radius 1 is 1.39 bits per heavy atom. The van der Waals surface area contributed by atoms with Gasteiger partial charge in [0.15, 0.2) is 0 Å². The van der Waals surface area contributed by atoms with Gasteiger partial charge in [0.05, 0.1) is 16.8 Å². The maximum atomic E-state index is 11.5. The van der Waals surface area contributed by atoms with Crippen LogP contribution in [0.4, 0.5) is 0 Å². The number of thiazole rings is 1. The SMILES string of the molecule is CCNCCC(=O)NCc1nc2ccccc2s1. The zero-order chi connectivity index (χ0) is 12.8. The highest BCUT2D eigenvalue weighted by Gasteiger charge is 2.05. The second-order valence-electron chi connectivity index (χ2n) is 3.96. The minimum Gasteiger partial charge on any atom is -0.350 e. The van der Waals surface area contributed by atoms with Gasteiger partial charge in [0.1, 0.15) is 5.01 Å². The average molecular weight is 263 g/mol. The molecular weight excluding hydrogens is 246 g/mol. The summed E-state index contributed by atoms with van der Waals surface area (Å²) in [7, 11) is 0. The molecule has 1 amide bonds. The molecule has 1 heterocycles. The number of fused-ring (bicyclic) bond motifs is 1. The lowest BCUT2D eigenvalue weighted by atomic mass is 10.3. The Labute approximate surface area is 110 Å². The molecule has 96 valence electrons. The summed E-state index contributed by atoms with van der Waals surface area (Å²) < 4.78 is 1.16. The van der Waals surface area contributed by atoms with Crippen molar-refractivity contribution < 1.29 is 4.79 Å². The van der Waals surface area contributed by atoms with Crippen LogP contribution in [0.15, 0.2) is 24.3 Å². The molecule has 5 heteroatoms. The van der Waals surface area contributed by atoms with E-state index in [1.807, 2.05) is 31.2 Å². The van der Waals surface area contributed by atoms with Gasteiger partial charge in [-0.3, -0.25) is 4.79 Å². The monoisotopic (exact) mass is 263 g/mol. The van der Waals surface area contributed by atoms with E-state index in [1.54, 1.807) is 11.3 Å². The summed E-state index contributed by atoms with van der Waals surface area (Å²) in [5.74, 6) is 0.0650. The van der Waals surface area contributed by atoms with Gasteiger partial charge in [0.25, 0.3) is 0 Å². The van der Waals surface area contributed by atoms with Crippen molar-refractivity contribution in [2.45, 2.75) is 19.9 Å². The second kappa shape index (κ2) is 6.47. The molecule has 0 radical (unpaired) electrons. The Morgan fingerprint density at radius 2 is 2.22 bits per heavy atom. The Balaban J connectivity index is 1.84. The first-order valence-corrected chi connectivity index (χ1v) is 6.93. The molecule has 2 rings (SSSR count). The molecule has 0 fully saturated rings. The first-order valence-electron chi connectivity index (χ1n) is 6.11. The van der Waals surface area contributed by atoms with Gasteiger partial charge in [-0.25, -0.2) is 4.98 Å². The van der Waals surface area contributed by atoms with E-state index in [-0.39, 0.29) is 5.91 Å². The maximum Gasteiger partial charge on any atom is 0.221 e. The second-order valence-corrected chi connectivity index (χ2v) is 5.07. The molecule has 0 aliphatic heterocycles. The number of nitrogens with zero attached hydrogens (tertiary/aromatic N) is 1. The van der Waals surface area contributed by atoms with Crippen molar-refractivity contribution in [1.82, 2.24) is 15.6 Å². The smallest absolute Gasteiger partial charge is 0.221 e. The standard InChI is InChI=1S/C13H17N3OS/c1-2-14-8-7-12(17)15-9-13-16-10-5-3-4-6-11(10)18-13/h3-6,14H,2,7-9H2,1H3,(H,15,17). The molecule has 0 aliphatic rings. The normalized spacial score (nSPS) is 10.7. The van der Waals surface area contributed by atoms with Crippen LogP contribution in [0, 0.1) is 0 Å². The highest BCUT2D eigenvalue weighted by atomic mass is 32.1. The lowest BCUT2D eigenvalue weighted by Gasteiger charge is -2.03. The van der Waals surface area contributed by atoms with E-state index in [4.69, 9.17) is 0 Å². The minimum atomic E-state index is 0.0650. The zero-order valence-electron chi connectivity index (χ0n) is 10.4. The molecule has 0 aliphatic carbocycles. The minimum absolute atomic E-state index is 0.0650. The van der Waals surface area contributed by atoms with Crippen LogP contribution < -0.4 is 10.6 Å². The van der Waals surface area contributed by atoms with Crippen molar-refractivity contribution in [3.8, 4) is 0 Å². The fourth-order valence-corrected chi connectivity index (χ4v) is 2.54. The lowest BCUT2D eigenvalue weighted by Crippen LogP contribution is -2.27. The van der Waals surface area contributed by atoms with E-state index >= 15 is 0 Å². The van der Waals surface area contributed by atoms with Crippen molar-refractivity contribution in [3.63, 3.8) is 0 Å². The summed E-state index contributed by atoms with van der Waals surface area (Å²) >= 11 is 1.63. The summed E-state index contributed by atoms with van der Waals surface area (Å²) in [5, 5.41) is 6.96. The van der Waals surface area contributed by atoms with Crippen molar-refractivity contribution in [2.75, 3.05) is 13.1 Å². The molecule has 0 saturated carbocycles. The predicted molar refractivity (Wildman–Crippen MR) is 74.6 cm³/mol. The van der Waals surface area contributed by atoms with Gasteiger partial charge < -0.3 is 10.6 Å². The molecule has 0 unspecified atom stereocenters. The van der Waals surface area contributed by atoms with E-state index in [2.05, 4.69) is 15.6 Å². The number of para-hydroxylation sites is 1. The van der Waals surface area contributed by atoms with Crippen LogP contribution in [0.2, 0.25) is 0 Å². The quantitative estimate of drug-likeness (QED) is 0.783. The molecule has 0 atom stereocenters. The third-order valence-corrected chi connectivity index (χ3v) is 3.59. The van der Waals surface area contributed by atoms with Crippen molar-refractivity contribution in [3.05, 3.63) is 29.3 Å². The van der Waals surface area contributed by atoms with Crippen molar-refractivity contribution in [2.24, 2.45) is 0 Å². The highest BCUT2D eigenvalue weighted by Crippen LogP contribution is 2.21. The fourth-order valence-electron chi connectivity index (χ4n) is 1.64. The van der Waals surface area contributed by atoms with Crippen LogP contribution >= 0.6 is 11.3 Å². The number of carbonyl (C=O) groups is 1. The Bertz CT molecular complexity index is 491. The fraction of sp³-hybridized carbons (Fsp3) is 0.385. The van der Waals surface area contributed by atoms with Crippen LogP contribution in [0.3, 0.4) is 0 Å². The number of benzene rings is 1. The van der Waals surface area contributed by atoms with Crippen LogP contribution in [-0.2, 0) is 11.3 Å². The molecule has 4 nitrogen and oxygen atoms in total. The van der Waals surface area contributed by atoms with Crippen LogP contribution in [0.25, 0.3) is 10.2 Å². The summed E-state index contributed by atoms with van der Waals surface area (Å²) in [4.78, 5) is 16.0. The Hall–Kier alpha value is -1.46. The lowest BCUT2D eigenvalue weighted by molar-refractivity contribution is -0.121. The largest absolute Gasteiger partial charge is 0.350 e. The number of hydrogen-bond acceptors (Lipinski definition) is 4. The third-order valence-electron chi connectivity index (χ3n) is 2.55. The first-order chi connectivity index (χ1) is 8.79. The Morgan fingerprint density at radius 3 is 3.00 bits per heavy atom. The summed E-state index contributed by atoms with van der Waals surface area (Å²) in [6, 6.07) is 8.01. The molecule has 2 N–H and O–H groups in total. The number of rotatable bonds is 6. The topological polar surface area (TPSA) is 54.0 Å². The number of amides is 1. The third kappa shape index (κ3) is 3.51. The number of hydrogen-bond donors (Lipinski definition) is 2. The van der Waals surface area contributed by atoms with Crippen LogP contribution in [-0.4, -0.2) is 24.0 Å². The van der Waals surface area contributed by atoms with Gasteiger partial charge in [-0.1, -0.05) is 19.1 Å². The van der Waals surface area contributed by atoms with Gasteiger partial charge in [0.2, 0.25) is 5.91 Å². The Kier molecular flexibility index (Phi) is 4.66. The molecule has 1 aromatic heterocycles.